The third-order valence-corrected chi connectivity index (χ3v) is 4.38. The molecule has 1 fully saturated rings. The molecule has 2 heterocycles. The predicted octanol–water partition coefficient (Wildman–Crippen LogP) is 2.90. The van der Waals surface area contributed by atoms with Crippen LogP contribution in [-0.4, -0.2) is 56.0 Å². The van der Waals surface area contributed by atoms with Crippen LogP contribution >= 0.6 is 0 Å². The summed E-state index contributed by atoms with van der Waals surface area (Å²) >= 11 is 0. The number of ether oxygens (including phenoxy) is 3. The van der Waals surface area contributed by atoms with Gasteiger partial charge in [0.15, 0.2) is 0 Å². The van der Waals surface area contributed by atoms with E-state index in [0.29, 0.717) is 6.54 Å². The summed E-state index contributed by atoms with van der Waals surface area (Å²) in [6.07, 6.45) is 1.54. The molecule has 1 saturated heterocycles. The SMILES string of the molecule is COc1ccccc1C(CNc1cc(N2CCOCC2)ncn1)OC(C)C. The van der Waals surface area contributed by atoms with Gasteiger partial charge in [-0.05, 0) is 19.9 Å². The second kappa shape index (κ2) is 9.53. The summed E-state index contributed by atoms with van der Waals surface area (Å²) in [5.41, 5.74) is 1.02. The lowest BCUT2D eigenvalue weighted by Crippen LogP contribution is -2.36. The van der Waals surface area contributed by atoms with E-state index in [0.717, 1.165) is 49.3 Å². The molecule has 0 amide bonds. The summed E-state index contributed by atoms with van der Waals surface area (Å²) in [6.45, 7) is 7.79. The minimum Gasteiger partial charge on any atom is -0.496 e. The zero-order chi connectivity index (χ0) is 19.1. The highest BCUT2D eigenvalue weighted by atomic mass is 16.5. The van der Waals surface area contributed by atoms with Gasteiger partial charge in [-0.25, -0.2) is 9.97 Å². The van der Waals surface area contributed by atoms with E-state index in [4.69, 9.17) is 14.2 Å². The van der Waals surface area contributed by atoms with E-state index >= 15 is 0 Å². The molecule has 2 aromatic rings. The molecular formula is C20H28N4O3. The average molecular weight is 372 g/mol. The molecule has 146 valence electrons. The van der Waals surface area contributed by atoms with Gasteiger partial charge in [0.25, 0.3) is 0 Å². The van der Waals surface area contributed by atoms with Crippen LogP contribution in [0.3, 0.4) is 0 Å². The Labute approximate surface area is 160 Å². The van der Waals surface area contributed by atoms with Crippen molar-refractivity contribution in [2.75, 3.05) is 50.2 Å². The summed E-state index contributed by atoms with van der Waals surface area (Å²) in [5.74, 6) is 2.51. The molecule has 1 aliphatic rings. The van der Waals surface area contributed by atoms with Crippen molar-refractivity contribution in [3.63, 3.8) is 0 Å². The molecule has 0 bridgehead atoms. The average Bonchev–Trinajstić information content (AvgIpc) is 2.71. The Hall–Kier alpha value is -2.38. The molecule has 0 aliphatic carbocycles. The maximum Gasteiger partial charge on any atom is 0.134 e. The molecule has 0 spiro atoms. The number of benzene rings is 1. The van der Waals surface area contributed by atoms with Gasteiger partial charge in [-0.2, -0.15) is 0 Å². The first-order valence-electron chi connectivity index (χ1n) is 9.34. The third-order valence-electron chi connectivity index (χ3n) is 4.38. The predicted molar refractivity (Wildman–Crippen MR) is 106 cm³/mol. The molecule has 7 heteroatoms. The van der Waals surface area contributed by atoms with Crippen LogP contribution in [0.5, 0.6) is 5.75 Å². The van der Waals surface area contributed by atoms with Crippen LogP contribution < -0.4 is 15.0 Å². The van der Waals surface area contributed by atoms with Crippen molar-refractivity contribution in [3.8, 4) is 5.75 Å². The van der Waals surface area contributed by atoms with Crippen LogP contribution in [0, 0.1) is 0 Å². The first kappa shape index (κ1) is 19.4. The summed E-state index contributed by atoms with van der Waals surface area (Å²) < 4.78 is 17.0. The number of rotatable bonds is 8. The maximum atomic E-state index is 6.13. The Kier molecular flexibility index (Phi) is 6.84. The highest BCUT2D eigenvalue weighted by Crippen LogP contribution is 2.29. The van der Waals surface area contributed by atoms with Gasteiger partial charge in [0.1, 0.15) is 29.8 Å². The van der Waals surface area contributed by atoms with Gasteiger partial charge in [-0.3, -0.25) is 0 Å². The number of nitrogens with zero attached hydrogens (tertiary/aromatic N) is 3. The van der Waals surface area contributed by atoms with Gasteiger partial charge in [0, 0.05) is 31.3 Å². The lowest BCUT2D eigenvalue weighted by Gasteiger charge is -2.28. The lowest BCUT2D eigenvalue weighted by atomic mass is 10.1. The molecule has 1 N–H and O–H groups in total. The van der Waals surface area contributed by atoms with Crippen molar-refractivity contribution < 1.29 is 14.2 Å². The summed E-state index contributed by atoms with van der Waals surface area (Å²) in [7, 11) is 1.68. The zero-order valence-corrected chi connectivity index (χ0v) is 16.2. The van der Waals surface area contributed by atoms with E-state index in [-0.39, 0.29) is 12.2 Å². The number of nitrogens with one attached hydrogen (secondary N) is 1. The number of hydrogen-bond acceptors (Lipinski definition) is 7. The van der Waals surface area contributed by atoms with Crippen molar-refractivity contribution >= 4 is 11.6 Å². The number of hydrogen-bond donors (Lipinski definition) is 1. The van der Waals surface area contributed by atoms with E-state index in [1.54, 1.807) is 13.4 Å². The van der Waals surface area contributed by atoms with Crippen molar-refractivity contribution in [1.29, 1.82) is 0 Å². The first-order valence-corrected chi connectivity index (χ1v) is 9.34. The fourth-order valence-corrected chi connectivity index (χ4v) is 3.10. The quantitative estimate of drug-likeness (QED) is 0.764. The van der Waals surface area contributed by atoms with Crippen molar-refractivity contribution in [3.05, 3.63) is 42.2 Å². The molecule has 0 saturated carbocycles. The molecule has 27 heavy (non-hydrogen) atoms. The molecule has 1 aromatic carbocycles. The standard InChI is InChI=1S/C20H28N4O3/c1-15(2)27-18(16-6-4-5-7-17(16)25-3)13-21-19-12-20(23-14-22-19)24-8-10-26-11-9-24/h4-7,12,14-15,18H,8-11,13H2,1-3H3,(H,21,22,23). The largest absolute Gasteiger partial charge is 0.496 e. The van der Waals surface area contributed by atoms with E-state index in [1.165, 1.54) is 0 Å². The van der Waals surface area contributed by atoms with E-state index in [9.17, 15) is 0 Å². The van der Waals surface area contributed by atoms with Crippen LogP contribution in [0.15, 0.2) is 36.7 Å². The monoisotopic (exact) mass is 372 g/mol. The van der Waals surface area contributed by atoms with Crippen molar-refractivity contribution in [2.24, 2.45) is 0 Å². The lowest BCUT2D eigenvalue weighted by molar-refractivity contribution is 0.0131. The number of morpholine rings is 1. The molecule has 1 unspecified atom stereocenters. The van der Waals surface area contributed by atoms with Crippen LogP contribution in [0.25, 0.3) is 0 Å². The van der Waals surface area contributed by atoms with Gasteiger partial charge in [-0.1, -0.05) is 18.2 Å². The van der Waals surface area contributed by atoms with E-state index < -0.39 is 0 Å². The fourth-order valence-electron chi connectivity index (χ4n) is 3.10. The van der Waals surface area contributed by atoms with E-state index in [1.807, 2.05) is 44.2 Å². The van der Waals surface area contributed by atoms with Gasteiger partial charge < -0.3 is 24.4 Å². The molecule has 7 nitrogen and oxygen atoms in total. The Bertz CT molecular complexity index is 720. The number of methoxy groups -OCH3 is 1. The van der Waals surface area contributed by atoms with E-state index in [2.05, 4.69) is 20.2 Å². The third kappa shape index (κ3) is 5.30. The second-order valence-electron chi connectivity index (χ2n) is 6.66. The highest BCUT2D eigenvalue weighted by molar-refractivity contribution is 5.49. The van der Waals surface area contributed by atoms with Crippen LogP contribution in [0.4, 0.5) is 11.6 Å². The zero-order valence-electron chi connectivity index (χ0n) is 16.2. The Morgan fingerprint density at radius 2 is 1.96 bits per heavy atom. The van der Waals surface area contributed by atoms with Gasteiger partial charge in [0.05, 0.1) is 26.4 Å². The van der Waals surface area contributed by atoms with Gasteiger partial charge in [0.2, 0.25) is 0 Å². The molecule has 3 rings (SSSR count). The Balaban J connectivity index is 1.71. The number of aromatic nitrogens is 2. The Morgan fingerprint density at radius 3 is 2.70 bits per heavy atom. The molecule has 1 aliphatic heterocycles. The van der Waals surface area contributed by atoms with Crippen molar-refractivity contribution in [2.45, 2.75) is 26.1 Å². The summed E-state index contributed by atoms with van der Waals surface area (Å²) in [4.78, 5) is 11.0. The topological polar surface area (TPSA) is 68.7 Å². The minimum absolute atomic E-state index is 0.0935. The number of anilines is 2. The van der Waals surface area contributed by atoms with Crippen LogP contribution in [0.1, 0.15) is 25.5 Å². The van der Waals surface area contributed by atoms with Crippen LogP contribution in [0.2, 0.25) is 0 Å². The first-order chi connectivity index (χ1) is 13.2. The van der Waals surface area contributed by atoms with Gasteiger partial charge >= 0.3 is 0 Å². The Morgan fingerprint density at radius 1 is 1.19 bits per heavy atom. The smallest absolute Gasteiger partial charge is 0.134 e. The second-order valence-corrected chi connectivity index (χ2v) is 6.66. The van der Waals surface area contributed by atoms with Gasteiger partial charge in [-0.15, -0.1) is 0 Å². The molecule has 1 atom stereocenters. The molecule has 1 aromatic heterocycles. The minimum atomic E-state index is -0.150. The maximum absolute atomic E-state index is 6.13. The van der Waals surface area contributed by atoms with Crippen LogP contribution in [-0.2, 0) is 9.47 Å². The summed E-state index contributed by atoms with van der Waals surface area (Å²) in [5, 5.41) is 3.39. The summed E-state index contributed by atoms with van der Waals surface area (Å²) in [6, 6.07) is 9.91. The fraction of sp³-hybridized carbons (Fsp3) is 0.500. The normalized spacial score (nSPS) is 15.6. The molecular weight excluding hydrogens is 344 g/mol. The highest BCUT2D eigenvalue weighted by Gasteiger charge is 2.19. The molecule has 0 radical (unpaired) electrons. The number of para-hydroxylation sites is 1. The van der Waals surface area contributed by atoms with Crippen molar-refractivity contribution in [1.82, 2.24) is 9.97 Å².